The Morgan fingerprint density at radius 2 is 2.00 bits per heavy atom. The van der Waals surface area contributed by atoms with Crippen molar-refractivity contribution in [2.24, 2.45) is 0 Å². The molecule has 0 radical (unpaired) electrons. The van der Waals surface area contributed by atoms with E-state index in [1.54, 1.807) is 15.9 Å². The summed E-state index contributed by atoms with van der Waals surface area (Å²) in [6, 6.07) is 5.45. The number of carbonyl (C=O) groups excluding carboxylic acids is 2. The van der Waals surface area contributed by atoms with Crippen LogP contribution in [-0.4, -0.2) is 49.6 Å². The second-order valence-corrected chi connectivity index (χ2v) is 5.70. The smallest absolute Gasteiger partial charge is 0.224 e. The van der Waals surface area contributed by atoms with Gasteiger partial charge in [0.2, 0.25) is 11.8 Å². The lowest BCUT2D eigenvalue weighted by atomic mass is 10.1. The molecule has 0 unspecified atom stereocenters. The molecule has 5 nitrogen and oxygen atoms in total. The summed E-state index contributed by atoms with van der Waals surface area (Å²) in [6.45, 7) is 6.12. The van der Waals surface area contributed by atoms with Crippen molar-refractivity contribution in [3.05, 3.63) is 28.8 Å². The van der Waals surface area contributed by atoms with Crippen molar-refractivity contribution in [1.29, 1.82) is 0 Å². The minimum absolute atomic E-state index is 0.0502. The highest BCUT2D eigenvalue weighted by Crippen LogP contribution is 2.26. The van der Waals surface area contributed by atoms with E-state index in [1.807, 2.05) is 19.1 Å². The van der Waals surface area contributed by atoms with Gasteiger partial charge in [-0.15, -0.1) is 0 Å². The monoisotopic (exact) mass is 324 g/mol. The summed E-state index contributed by atoms with van der Waals surface area (Å²) in [5, 5.41) is 0.614. The first-order valence-electron chi connectivity index (χ1n) is 7.39. The fraction of sp³-hybridized carbons (Fsp3) is 0.500. The number of anilines is 1. The summed E-state index contributed by atoms with van der Waals surface area (Å²) < 4.78 is 5.24. The molecule has 2 amide bonds. The van der Waals surface area contributed by atoms with Crippen molar-refractivity contribution in [2.45, 2.75) is 20.3 Å². The molecule has 1 heterocycles. The van der Waals surface area contributed by atoms with Gasteiger partial charge < -0.3 is 14.5 Å². The number of amides is 2. The first-order valence-corrected chi connectivity index (χ1v) is 7.77. The Morgan fingerprint density at radius 3 is 2.64 bits per heavy atom. The zero-order valence-corrected chi connectivity index (χ0v) is 13.7. The normalized spacial score (nSPS) is 14.8. The van der Waals surface area contributed by atoms with Gasteiger partial charge in [-0.3, -0.25) is 9.59 Å². The van der Waals surface area contributed by atoms with Crippen LogP contribution < -0.4 is 4.90 Å². The molecule has 0 aliphatic carbocycles. The third-order valence-electron chi connectivity index (χ3n) is 3.82. The highest BCUT2D eigenvalue weighted by atomic mass is 35.5. The second kappa shape index (κ2) is 7.61. The first kappa shape index (κ1) is 16.8. The molecular formula is C16H21ClN2O3. The van der Waals surface area contributed by atoms with Crippen molar-refractivity contribution in [2.75, 3.05) is 37.7 Å². The van der Waals surface area contributed by atoms with Gasteiger partial charge in [-0.1, -0.05) is 17.7 Å². The molecule has 1 aromatic rings. The summed E-state index contributed by atoms with van der Waals surface area (Å²) in [7, 11) is 0. The Kier molecular flexibility index (Phi) is 5.80. The number of nitrogens with zero attached hydrogens (tertiary/aromatic N) is 2. The van der Waals surface area contributed by atoms with E-state index >= 15 is 0 Å². The average Bonchev–Trinajstić information content (AvgIpc) is 2.51. The van der Waals surface area contributed by atoms with E-state index in [0.29, 0.717) is 44.3 Å². The summed E-state index contributed by atoms with van der Waals surface area (Å²) in [5.74, 6) is -0.0469. The van der Waals surface area contributed by atoms with E-state index in [2.05, 4.69) is 0 Å². The predicted octanol–water partition coefficient (Wildman–Crippen LogP) is 2.25. The third-order valence-corrected chi connectivity index (χ3v) is 4.23. The lowest BCUT2D eigenvalue weighted by molar-refractivity contribution is -0.135. The van der Waals surface area contributed by atoms with Crippen LogP contribution in [-0.2, 0) is 14.3 Å². The van der Waals surface area contributed by atoms with Crippen LogP contribution in [0.3, 0.4) is 0 Å². The zero-order chi connectivity index (χ0) is 16.1. The Hall–Kier alpha value is -1.59. The van der Waals surface area contributed by atoms with Crippen molar-refractivity contribution >= 4 is 29.1 Å². The zero-order valence-electron chi connectivity index (χ0n) is 13.0. The van der Waals surface area contributed by atoms with Gasteiger partial charge >= 0.3 is 0 Å². The maximum atomic E-state index is 12.2. The molecule has 1 fully saturated rings. The van der Waals surface area contributed by atoms with Gasteiger partial charge in [0.25, 0.3) is 0 Å². The minimum atomic E-state index is -0.0971. The largest absolute Gasteiger partial charge is 0.378 e. The standard InChI is InChI=1S/C16H21ClN2O3/c1-12-14(17)4-3-5-15(12)19(13(2)20)7-6-16(21)18-8-10-22-11-9-18/h3-5H,6-11H2,1-2H3. The van der Waals surface area contributed by atoms with E-state index in [0.717, 1.165) is 11.3 Å². The van der Waals surface area contributed by atoms with Gasteiger partial charge in [-0.2, -0.15) is 0 Å². The average molecular weight is 325 g/mol. The Bertz CT molecular complexity index is 556. The molecule has 1 aromatic carbocycles. The van der Waals surface area contributed by atoms with Crippen LogP contribution in [0.1, 0.15) is 18.9 Å². The topological polar surface area (TPSA) is 49.9 Å². The van der Waals surface area contributed by atoms with Crippen molar-refractivity contribution in [3.8, 4) is 0 Å². The van der Waals surface area contributed by atoms with Crippen LogP contribution in [0.5, 0.6) is 0 Å². The van der Waals surface area contributed by atoms with Crippen molar-refractivity contribution < 1.29 is 14.3 Å². The van der Waals surface area contributed by atoms with E-state index in [1.165, 1.54) is 6.92 Å². The van der Waals surface area contributed by atoms with Gasteiger partial charge in [0, 0.05) is 43.7 Å². The first-order chi connectivity index (χ1) is 10.5. The maximum absolute atomic E-state index is 12.2. The quantitative estimate of drug-likeness (QED) is 0.853. The number of carbonyl (C=O) groups is 2. The molecule has 1 aliphatic heterocycles. The number of halogens is 1. The van der Waals surface area contributed by atoms with Gasteiger partial charge in [0.1, 0.15) is 0 Å². The van der Waals surface area contributed by atoms with E-state index in [-0.39, 0.29) is 11.8 Å². The highest BCUT2D eigenvalue weighted by Gasteiger charge is 2.20. The van der Waals surface area contributed by atoms with Crippen molar-refractivity contribution in [1.82, 2.24) is 4.90 Å². The lowest BCUT2D eigenvalue weighted by Crippen LogP contribution is -2.42. The minimum Gasteiger partial charge on any atom is -0.378 e. The number of ether oxygens (including phenoxy) is 1. The third kappa shape index (κ3) is 3.99. The van der Waals surface area contributed by atoms with Gasteiger partial charge in [-0.25, -0.2) is 0 Å². The number of benzene rings is 1. The fourth-order valence-corrected chi connectivity index (χ4v) is 2.68. The molecular weight excluding hydrogens is 304 g/mol. The fourth-order valence-electron chi connectivity index (χ4n) is 2.51. The Morgan fingerprint density at radius 1 is 1.32 bits per heavy atom. The Labute approximate surface area is 135 Å². The van der Waals surface area contributed by atoms with Gasteiger partial charge in [0.15, 0.2) is 0 Å². The van der Waals surface area contributed by atoms with Crippen molar-refractivity contribution in [3.63, 3.8) is 0 Å². The molecule has 0 N–H and O–H groups in total. The maximum Gasteiger partial charge on any atom is 0.224 e. The molecule has 0 bridgehead atoms. The molecule has 0 saturated carbocycles. The SMILES string of the molecule is CC(=O)N(CCC(=O)N1CCOCC1)c1cccc(Cl)c1C. The summed E-state index contributed by atoms with van der Waals surface area (Å²) in [5.41, 5.74) is 1.60. The van der Waals surface area contributed by atoms with Crippen LogP contribution in [0.2, 0.25) is 5.02 Å². The van der Waals surface area contributed by atoms with Crippen LogP contribution >= 0.6 is 11.6 Å². The molecule has 1 aliphatic rings. The number of morpholine rings is 1. The molecule has 0 atom stereocenters. The summed E-state index contributed by atoms with van der Waals surface area (Å²) in [4.78, 5) is 27.5. The van der Waals surface area contributed by atoms with E-state index in [4.69, 9.17) is 16.3 Å². The van der Waals surface area contributed by atoms with E-state index < -0.39 is 0 Å². The number of rotatable bonds is 4. The van der Waals surface area contributed by atoms with E-state index in [9.17, 15) is 9.59 Å². The van der Waals surface area contributed by atoms with Crippen LogP contribution in [0.4, 0.5) is 5.69 Å². The van der Waals surface area contributed by atoms with Crippen LogP contribution in [0.25, 0.3) is 0 Å². The molecule has 0 aromatic heterocycles. The Balaban J connectivity index is 2.04. The van der Waals surface area contributed by atoms with Crippen LogP contribution in [0, 0.1) is 6.92 Å². The molecule has 120 valence electrons. The number of hydrogen-bond donors (Lipinski definition) is 0. The number of hydrogen-bond acceptors (Lipinski definition) is 3. The van der Waals surface area contributed by atoms with Gasteiger partial charge in [0.05, 0.1) is 13.2 Å². The molecule has 1 saturated heterocycles. The molecule has 0 spiro atoms. The molecule has 6 heteroatoms. The second-order valence-electron chi connectivity index (χ2n) is 5.30. The highest BCUT2D eigenvalue weighted by molar-refractivity contribution is 6.31. The summed E-state index contributed by atoms with van der Waals surface area (Å²) >= 11 is 6.12. The lowest BCUT2D eigenvalue weighted by Gasteiger charge is -2.28. The summed E-state index contributed by atoms with van der Waals surface area (Å²) in [6.07, 6.45) is 0.297. The molecule has 22 heavy (non-hydrogen) atoms. The van der Waals surface area contributed by atoms with Crippen LogP contribution in [0.15, 0.2) is 18.2 Å². The predicted molar refractivity (Wildman–Crippen MR) is 86.2 cm³/mol. The van der Waals surface area contributed by atoms with Gasteiger partial charge in [-0.05, 0) is 24.6 Å². The molecule has 2 rings (SSSR count).